The molecule has 6 heteroatoms. The van der Waals surface area contributed by atoms with Gasteiger partial charge in [0.05, 0.1) is 12.7 Å². The largest absolute Gasteiger partial charge is 0.381 e. The van der Waals surface area contributed by atoms with Crippen LogP contribution >= 0.6 is 0 Å². The molecule has 4 aliphatic rings. The Hall–Kier alpha value is -0.850. The summed E-state index contributed by atoms with van der Waals surface area (Å²) in [6.45, 7) is 11.4. The van der Waals surface area contributed by atoms with E-state index in [9.17, 15) is 0 Å². The number of hydrogen-bond donors (Lipinski definition) is 2. The van der Waals surface area contributed by atoms with Gasteiger partial charge in [0.25, 0.3) is 0 Å². The van der Waals surface area contributed by atoms with Crippen molar-refractivity contribution in [3.63, 3.8) is 0 Å². The highest BCUT2D eigenvalue weighted by Gasteiger charge is 2.59. The molecule has 4 fully saturated rings. The number of guanidine groups is 1. The van der Waals surface area contributed by atoms with E-state index in [-0.39, 0.29) is 0 Å². The SMILES string of the molecule is CCN=C(NC1CCN(CC2CCOC2)CC1)NC1CC(OCC)C12CCC2. The van der Waals surface area contributed by atoms with E-state index in [4.69, 9.17) is 14.5 Å². The second kappa shape index (κ2) is 9.31. The van der Waals surface area contributed by atoms with Crippen LogP contribution in [0.1, 0.15) is 58.8 Å². The summed E-state index contributed by atoms with van der Waals surface area (Å²) in [5.74, 6) is 1.77. The van der Waals surface area contributed by atoms with Gasteiger partial charge in [-0.3, -0.25) is 4.99 Å². The molecule has 0 aromatic heterocycles. The smallest absolute Gasteiger partial charge is 0.191 e. The number of nitrogens with one attached hydrogen (secondary N) is 2. The van der Waals surface area contributed by atoms with Crippen LogP contribution in [0.5, 0.6) is 0 Å². The summed E-state index contributed by atoms with van der Waals surface area (Å²) in [6.07, 6.45) is 9.18. The Morgan fingerprint density at radius 2 is 2.00 bits per heavy atom. The Bertz CT molecular complexity index is 523. The van der Waals surface area contributed by atoms with Gasteiger partial charge in [-0.05, 0) is 58.3 Å². The standard InChI is InChI=1S/C22H40N4O2/c1-3-23-21(25-19-14-20(28-4-2)22(19)9-5-10-22)24-18-6-11-26(12-7-18)15-17-8-13-27-16-17/h17-20H,3-16H2,1-2H3,(H2,23,24,25). The van der Waals surface area contributed by atoms with E-state index < -0.39 is 0 Å². The second-order valence-electron chi connectivity index (χ2n) is 9.24. The van der Waals surface area contributed by atoms with Crippen molar-refractivity contribution in [2.45, 2.75) is 77.0 Å². The van der Waals surface area contributed by atoms with Crippen molar-refractivity contribution in [1.29, 1.82) is 0 Å². The fourth-order valence-electron chi connectivity index (χ4n) is 5.64. The summed E-state index contributed by atoms with van der Waals surface area (Å²) in [4.78, 5) is 7.39. The highest BCUT2D eigenvalue weighted by Crippen LogP contribution is 2.57. The number of hydrogen-bond acceptors (Lipinski definition) is 4. The first-order valence-corrected chi connectivity index (χ1v) is 11.7. The zero-order valence-electron chi connectivity index (χ0n) is 17.9. The lowest BCUT2D eigenvalue weighted by Crippen LogP contribution is -2.69. The molecule has 0 bridgehead atoms. The summed E-state index contributed by atoms with van der Waals surface area (Å²) < 4.78 is 11.5. The van der Waals surface area contributed by atoms with Crippen molar-refractivity contribution in [2.24, 2.45) is 16.3 Å². The van der Waals surface area contributed by atoms with Gasteiger partial charge in [-0.2, -0.15) is 0 Å². The fourth-order valence-corrected chi connectivity index (χ4v) is 5.64. The Balaban J connectivity index is 1.24. The lowest BCUT2D eigenvalue weighted by Gasteiger charge is -2.61. The van der Waals surface area contributed by atoms with E-state index in [0.29, 0.717) is 23.6 Å². The Morgan fingerprint density at radius 3 is 2.61 bits per heavy atom. The minimum Gasteiger partial charge on any atom is -0.381 e. The minimum atomic E-state index is 0.374. The Morgan fingerprint density at radius 1 is 1.18 bits per heavy atom. The van der Waals surface area contributed by atoms with Crippen molar-refractivity contribution in [1.82, 2.24) is 15.5 Å². The van der Waals surface area contributed by atoms with E-state index >= 15 is 0 Å². The van der Waals surface area contributed by atoms with Crippen LogP contribution < -0.4 is 10.6 Å². The van der Waals surface area contributed by atoms with Crippen LogP contribution in [0.4, 0.5) is 0 Å². The molecular weight excluding hydrogens is 352 g/mol. The predicted molar refractivity (Wildman–Crippen MR) is 113 cm³/mol. The summed E-state index contributed by atoms with van der Waals surface area (Å²) in [7, 11) is 0. The lowest BCUT2D eigenvalue weighted by atomic mass is 9.51. The summed E-state index contributed by atoms with van der Waals surface area (Å²) in [5.41, 5.74) is 0.374. The van der Waals surface area contributed by atoms with Gasteiger partial charge < -0.3 is 25.0 Å². The molecule has 2 aliphatic heterocycles. The summed E-state index contributed by atoms with van der Waals surface area (Å²) >= 11 is 0. The first-order chi connectivity index (χ1) is 13.7. The molecule has 0 aromatic rings. The Labute approximate surface area is 170 Å². The van der Waals surface area contributed by atoms with Gasteiger partial charge in [-0.15, -0.1) is 0 Å². The molecule has 28 heavy (non-hydrogen) atoms. The molecule has 0 amide bonds. The molecule has 0 aromatic carbocycles. The topological polar surface area (TPSA) is 58.1 Å². The van der Waals surface area contributed by atoms with E-state index in [2.05, 4.69) is 29.4 Å². The quantitative estimate of drug-likeness (QED) is 0.515. The van der Waals surface area contributed by atoms with Gasteiger partial charge in [0.15, 0.2) is 5.96 Å². The minimum absolute atomic E-state index is 0.374. The monoisotopic (exact) mass is 392 g/mol. The maximum absolute atomic E-state index is 6.01. The van der Waals surface area contributed by atoms with Crippen molar-refractivity contribution >= 4 is 5.96 Å². The maximum atomic E-state index is 6.01. The van der Waals surface area contributed by atoms with Crippen LogP contribution in [-0.4, -0.2) is 75.0 Å². The van der Waals surface area contributed by atoms with Gasteiger partial charge in [0.1, 0.15) is 0 Å². The molecule has 1 spiro atoms. The highest BCUT2D eigenvalue weighted by atomic mass is 16.5. The molecule has 2 saturated heterocycles. The molecule has 6 nitrogen and oxygen atoms in total. The molecular formula is C22H40N4O2. The third-order valence-electron chi connectivity index (χ3n) is 7.53. The van der Waals surface area contributed by atoms with E-state index in [1.807, 2.05) is 0 Å². The normalized spacial score (nSPS) is 33.5. The van der Waals surface area contributed by atoms with Crippen molar-refractivity contribution in [3.8, 4) is 0 Å². The zero-order valence-corrected chi connectivity index (χ0v) is 17.9. The predicted octanol–water partition coefficient (Wildman–Crippen LogP) is 2.39. The number of likely N-dealkylation sites (tertiary alicyclic amines) is 1. The second-order valence-corrected chi connectivity index (χ2v) is 9.24. The number of rotatable bonds is 7. The molecule has 2 heterocycles. The van der Waals surface area contributed by atoms with Crippen LogP contribution in [-0.2, 0) is 9.47 Å². The van der Waals surface area contributed by atoms with Gasteiger partial charge in [0, 0.05) is 56.9 Å². The first kappa shape index (κ1) is 20.4. The van der Waals surface area contributed by atoms with E-state index in [0.717, 1.165) is 44.7 Å². The van der Waals surface area contributed by atoms with E-state index in [1.165, 1.54) is 58.2 Å². The molecule has 3 atom stereocenters. The summed E-state index contributed by atoms with van der Waals surface area (Å²) in [6, 6.07) is 1.06. The van der Waals surface area contributed by atoms with Gasteiger partial charge in [0.2, 0.25) is 0 Å². The molecule has 160 valence electrons. The van der Waals surface area contributed by atoms with Gasteiger partial charge in [-0.1, -0.05) is 6.42 Å². The molecule has 4 rings (SSSR count). The number of aliphatic imine (C=N–C) groups is 1. The zero-order chi connectivity index (χ0) is 19.4. The first-order valence-electron chi connectivity index (χ1n) is 11.7. The van der Waals surface area contributed by atoms with Crippen molar-refractivity contribution in [2.75, 3.05) is 46.0 Å². The molecule has 3 unspecified atom stereocenters. The molecule has 0 radical (unpaired) electrons. The Kier molecular flexibility index (Phi) is 6.79. The third-order valence-corrected chi connectivity index (χ3v) is 7.53. The highest BCUT2D eigenvalue weighted by molar-refractivity contribution is 5.80. The number of piperidine rings is 1. The van der Waals surface area contributed by atoms with E-state index in [1.54, 1.807) is 0 Å². The van der Waals surface area contributed by atoms with Gasteiger partial charge >= 0.3 is 0 Å². The van der Waals surface area contributed by atoms with Crippen LogP contribution in [0.3, 0.4) is 0 Å². The van der Waals surface area contributed by atoms with Crippen LogP contribution in [0.15, 0.2) is 4.99 Å². The molecule has 2 N–H and O–H groups in total. The maximum Gasteiger partial charge on any atom is 0.191 e. The van der Waals surface area contributed by atoms with Gasteiger partial charge in [-0.25, -0.2) is 0 Å². The van der Waals surface area contributed by atoms with Crippen molar-refractivity contribution in [3.05, 3.63) is 0 Å². The average molecular weight is 393 g/mol. The third kappa shape index (κ3) is 4.34. The fraction of sp³-hybridized carbons (Fsp3) is 0.955. The molecule has 2 aliphatic carbocycles. The lowest BCUT2D eigenvalue weighted by molar-refractivity contribution is -0.168. The van der Waals surface area contributed by atoms with Crippen LogP contribution in [0.2, 0.25) is 0 Å². The number of nitrogens with zero attached hydrogens (tertiary/aromatic N) is 2. The molecule has 2 saturated carbocycles. The number of ether oxygens (including phenoxy) is 2. The average Bonchev–Trinajstić information content (AvgIpc) is 3.14. The van der Waals surface area contributed by atoms with Crippen LogP contribution in [0, 0.1) is 11.3 Å². The van der Waals surface area contributed by atoms with Crippen molar-refractivity contribution < 1.29 is 9.47 Å². The van der Waals surface area contributed by atoms with Crippen LogP contribution in [0.25, 0.3) is 0 Å². The summed E-state index contributed by atoms with van der Waals surface area (Å²) in [5, 5.41) is 7.53.